The number of benzene rings is 1. The van der Waals surface area contributed by atoms with E-state index in [9.17, 15) is 9.59 Å². The van der Waals surface area contributed by atoms with Gasteiger partial charge in [-0.1, -0.05) is 6.07 Å². The van der Waals surface area contributed by atoms with Gasteiger partial charge in [0, 0.05) is 25.7 Å². The summed E-state index contributed by atoms with van der Waals surface area (Å²) in [6.07, 6.45) is 2.51. The molecule has 0 aromatic heterocycles. The van der Waals surface area contributed by atoms with Crippen LogP contribution in [0.2, 0.25) is 0 Å². The largest absolute Gasteiger partial charge is 0.343 e. The minimum atomic E-state index is -0.200. The van der Waals surface area contributed by atoms with Gasteiger partial charge >= 0.3 is 0 Å². The first-order valence-corrected chi connectivity index (χ1v) is 8.29. The Morgan fingerprint density at radius 1 is 1.17 bits per heavy atom. The topological polar surface area (TPSA) is 52.7 Å². The summed E-state index contributed by atoms with van der Waals surface area (Å²) in [6, 6.07) is 5.57. The molecule has 1 aliphatic heterocycles. The summed E-state index contributed by atoms with van der Waals surface area (Å²) in [5, 5.41) is 2.71. The fourth-order valence-electron chi connectivity index (χ4n) is 2.70. The number of amides is 2. The Balaban J connectivity index is 1.75. The average Bonchev–Trinajstić information content (AvgIpc) is 3.05. The van der Waals surface area contributed by atoms with Crippen molar-refractivity contribution in [2.24, 2.45) is 0 Å². The number of nitrogens with one attached hydrogen (secondary N) is 1. The molecule has 0 radical (unpaired) electrons. The molecule has 5 heteroatoms. The van der Waals surface area contributed by atoms with Gasteiger partial charge in [-0.05, 0) is 63.0 Å². The third kappa shape index (κ3) is 5.06. The lowest BCUT2D eigenvalue weighted by Crippen LogP contribution is -2.41. The summed E-state index contributed by atoms with van der Waals surface area (Å²) in [7, 11) is 1.79. The van der Waals surface area contributed by atoms with Crippen LogP contribution >= 0.6 is 0 Å². The number of hydrogen-bond donors (Lipinski definition) is 1. The van der Waals surface area contributed by atoms with Crippen LogP contribution in [-0.2, 0) is 4.79 Å². The molecule has 1 aliphatic rings. The van der Waals surface area contributed by atoms with Gasteiger partial charge in [-0.25, -0.2) is 0 Å². The zero-order valence-electron chi connectivity index (χ0n) is 14.4. The normalized spacial score (nSPS) is 14.7. The van der Waals surface area contributed by atoms with Gasteiger partial charge in [-0.2, -0.15) is 0 Å². The summed E-state index contributed by atoms with van der Waals surface area (Å²) in [5.74, 6) is -0.254. The molecule has 1 heterocycles. The maximum absolute atomic E-state index is 12.1. The van der Waals surface area contributed by atoms with Crippen LogP contribution in [0.4, 0.5) is 0 Å². The number of nitrogens with zero attached hydrogens (tertiary/aromatic N) is 2. The Labute approximate surface area is 138 Å². The van der Waals surface area contributed by atoms with Crippen molar-refractivity contribution in [1.29, 1.82) is 0 Å². The molecular formula is C18H27N3O2. The molecule has 1 N–H and O–H groups in total. The van der Waals surface area contributed by atoms with Crippen LogP contribution in [0, 0.1) is 13.8 Å². The SMILES string of the molecule is Cc1ccc(C(=O)NCC(=O)N(C)CCN2CCCC2)cc1C. The van der Waals surface area contributed by atoms with Gasteiger partial charge in [0.1, 0.15) is 0 Å². The van der Waals surface area contributed by atoms with Gasteiger partial charge in [-0.3, -0.25) is 9.59 Å². The lowest BCUT2D eigenvalue weighted by atomic mass is 10.1. The molecule has 0 atom stereocenters. The van der Waals surface area contributed by atoms with E-state index in [0.717, 1.165) is 30.8 Å². The minimum Gasteiger partial charge on any atom is -0.343 e. The monoisotopic (exact) mass is 317 g/mol. The summed E-state index contributed by atoms with van der Waals surface area (Å²) in [4.78, 5) is 28.3. The van der Waals surface area contributed by atoms with Crippen molar-refractivity contribution < 1.29 is 9.59 Å². The third-order valence-electron chi connectivity index (χ3n) is 4.55. The maximum atomic E-state index is 12.1. The van der Waals surface area contributed by atoms with Gasteiger partial charge in [0.2, 0.25) is 5.91 Å². The summed E-state index contributed by atoms with van der Waals surface area (Å²) < 4.78 is 0. The van der Waals surface area contributed by atoms with Crippen LogP contribution in [0.5, 0.6) is 0 Å². The first-order valence-electron chi connectivity index (χ1n) is 8.29. The molecule has 2 rings (SSSR count). The quantitative estimate of drug-likeness (QED) is 0.867. The maximum Gasteiger partial charge on any atom is 0.251 e. The number of carbonyl (C=O) groups excluding carboxylic acids is 2. The van der Waals surface area contributed by atoms with Crippen LogP contribution in [0.1, 0.15) is 34.3 Å². The Morgan fingerprint density at radius 2 is 1.87 bits per heavy atom. The average molecular weight is 317 g/mol. The van der Waals surface area contributed by atoms with Crippen LogP contribution in [0.15, 0.2) is 18.2 Å². The van der Waals surface area contributed by atoms with E-state index in [1.54, 1.807) is 18.0 Å². The van der Waals surface area contributed by atoms with Crippen molar-refractivity contribution in [3.63, 3.8) is 0 Å². The summed E-state index contributed by atoms with van der Waals surface area (Å²) in [6.45, 7) is 7.91. The molecule has 1 fully saturated rings. The molecule has 23 heavy (non-hydrogen) atoms. The number of hydrogen-bond acceptors (Lipinski definition) is 3. The standard InChI is InChI=1S/C18H27N3O2/c1-14-6-7-16(12-15(14)2)18(23)19-13-17(22)20(3)10-11-21-8-4-5-9-21/h6-7,12H,4-5,8-11,13H2,1-3H3,(H,19,23). The molecular weight excluding hydrogens is 290 g/mol. The highest BCUT2D eigenvalue weighted by Gasteiger charge is 2.15. The predicted octanol–water partition coefficient (Wildman–Crippen LogP) is 1.59. The number of aryl methyl sites for hydroxylation is 2. The van der Waals surface area contributed by atoms with E-state index in [-0.39, 0.29) is 18.4 Å². The third-order valence-corrected chi connectivity index (χ3v) is 4.55. The van der Waals surface area contributed by atoms with E-state index in [0.29, 0.717) is 12.1 Å². The van der Waals surface area contributed by atoms with Crippen LogP contribution in [-0.4, -0.2) is 61.4 Å². The number of likely N-dealkylation sites (tertiary alicyclic amines) is 1. The molecule has 0 spiro atoms. The Bertz CT molecular complexity index is 565. The second kappa shape index (κ2) is 8.11. The molecule has 1 saturated heterocycles. The van der Waals surface area contributed by atoms with E-state index in [1.165, 1.54) is 12.8 Å². The molecule has 126 valence electrons. The molecule has 1 aromatic carbocycles. The molecule has 0 aliphatic carbocycles. The van der Waals surface area contributed by atoms with Gasteiger partial charge in [-0.15, -0.1) is 0 Å². The van der Waals surface area contributed by atoms with E-state index >= 15 is 0 Å². The summed E-state index contributed by atoms with van der Waals surface area (Å²) in [5.41, 5.74) is 2.83. The number of carbonyl (C=O) groups is 2. The zero-order chi connectivity index (χ0) is 16.8. The Kier molecular flexibility index (Phi) is 6.16. The van der Waals surface area contributed by atoms with Crippen LogP contribution in [0.3, 0.4) is 0 Å². The number of likely N-dealkylation sites (N-methyl/N-ethyl adjacent to an activating group) is 1. The van der Waals surface area contributed by atoms with Crippen molar-refractivity contribution in [1.82, 2.24) is 15.1 Å². The van der Waals surface area contributed by atoms with Crippen molar-refractivity contribution >= 4 is 11.8 Å². The smallest absolute Gasteiger partial charge is 0.251 e. The fourth-order valence-corrected chi connectivity index (χ4v) is 2.70. The van der Waals surface area contributed by atoms with Crippen molar-refractivity contribution in [2.75, 3.05) is 39.8 Å². The van der Waals surface area contributed by atoms with Gasteiger partial charge in [0.05, 0.1) is 6.54 Å². The van der Waals surface area contributed by atoms with Crippen molar-refractivity contribution in [3.05, 3.63) is 34.9 Å². The fraction of sp³-hybridized carbons (Fsp3) is 0.556. The molecule has 2 amide bonds. The van der Waals surface area contributed by atoms with E-state index < -0.39 is 0 Å². The summed E-state index contributed by atoms with van der Waals surface area (Å²) >= 11 is 0. The Hall–Kier alpha value is -1.88. The lowest BCUT2D eigenvalue weighted by molar-refractivity contribution is -0.128. The highest BCUT2D eigenvalue weighted by molar-refractivity contribution is 5.96. The van der Waals surface area contributed by atoms with E-state index in [4.69, 9.17) is 0 Å². The van der Waals surface area contributed by atoms with Crippen molar-refractivity contribution in [3.8, 4) is 0 Å². The van der Waals surface area contributed by atoms with Crippen molar-refractivity contribution in [2.45, 2.75) is 26.7 Å². The molecule has 0 bridgehead atoms. The van der Waals surface area contributed by atoms with E-state index in [2.05, 4.69) is 10.2 Å². The highest BCUT2D eigenvalue weighted by Crippen LogP contribution is 2.09. The second-order valence-corrected chi connectivity index (χ2v) is 6.35. The molecule has 1 aromatic rings. The van der Waals surface area contributed by atoms with Gasteiger partial charge in [0.15, 0.2) is 0 Å². The lowest BCUT2D eigenvalue weighted by Gasteiger charge is -2.21. The Morgan fingerprint density at radius 3 is 2.52 bits per heavy atom. The number of rotatable bonds is 6. The highest BCUT2D eigenvalue weighted by atomic mass is 16.2. The second-order valence-electron chi connectivity index (χ2n) is 6.35. The van der Waals surface area contributed by atoms with Crippen LogP contribution < -0.4 is 5.32 Å². The molecule has 0 unspecified atom stereocenters. The zero-order valence-corrected chi connectivity index (χ0v) is 14.4. The van der Waals surface area contributed by atoms with Crippen LogP contribution in [0.25, 0.3) is 0 Å². The van der Waals surface area contributed by atoms with Gasteiger partial charge in [0.25, 0.3) is 5.91 Å². The van der Waals surface area contributed by atoms with Gasteiger partial charge < -0.3 is 15.1 Å². The molecule has 0 saturated carbocycles. The first-order chi connectivity index (χ1) is 11.0. The molecule has 5 nitrogen and oxygen atoms in total. The van der Waals surface area contributed by atoms with E-state index in [1.807, 2.05) is 26.0 Å². The first kappa shape index (κ1) is 17.5. The minimum absolute atomic E-state index is 0.0439. The predicted molar refractivity (Wildman–Crippen MR) is 91.6 cm³/mol.